The molecule has 2 aliphatic carbocycles. The van der Waals surface area contributed by atoms with Crippen molar-refractivity contribution < 1.29 is 9.53 Å². The number of hydrogen-bond acceptors (Lipinski definition) is 5. The Balaban J connectivity index is 1.38. The van der Waals surface area contributed by atoms with E-state index in [4.69, 9.17) is 4.74 Å². The predicted molar refractivity (Wildman–Crippen MR) is 97.3 cm³/mol. The van der Waals surface area contributed by atoms with E-state index in [-0.39, 0.29) is 18.1 Å². The summed E-state index contributed by atoms with van der Waals surface area (Å²) in [6.07, 6.45) is 6.66. The highest BCUT2D eigenvalue weighted by Crippen LogP contribution is 2.39. The van der Waals surface area contributed by atoms with E-state index < -0.39 is 0 Å². The largest absolute Gasteiger partial charge is 0.376 e. The fraction of sp³-hybridized carbons (Fsp3) is 0.842. The molecule has 7 nitrogen and oxygen atoms in total. The Kier molecular flexibility index (Phi) is 5.27. The van der Waals surface area contributed by atoms with Crippen LogP contribution < -0.4 is 5.32 Å². The van der Waals surface area contributed by atoms with Gasteiger partial charge in [0.2, 0.25) is 5.91 Å². The van der Waals surface area contributed by atoms with Gasteiger partial charge in [0.15, 0.2) is 0 Å². The van der Waals surface area contributed by atoms with E-state index in [0.717, 1.165) is 57.4 Å². The van der Waals surface area contributed by atoms with Gasteiger partial charge in [-0.15, -0.1) is 10.2 Å². The standard InChI is InChI=1S/C19H31N5O2/c1-3-24-12-20-22-19(24)10-23-8-15-6-17(21-13(2)25)18(7-16(15)9-23)26-11-14-4-5-14/h12,14-18H,3-11H2,1-2H3,(H,21,25)/t15-,16+,17-,18-/m1/s1. The molecule has 2 saturated carbocycles. The van der Waals surface area contributed by atoms with Crippen LogP contribution in [-0.2, 0) is 22.6 Å². The Labute approximate surface area is 155 Å². The molecule has 1 aromatic rings. The monoisotopic (exact) mass is 361 g/mol. The molecule has 1 N–H and O–H groups in total. The number of likely N-dealkylation sites (tertiary alicyclic amines) is 1. The minimum atomic E-state index is 0.0550. The van der Waals surface area contributed by atoms with E-state index in [9.17, 15) is 4.79 Å². The zero-order chi connectivity index (χ0) is 18.1. The van der Waals surface area contributed by atoms with Gasteiger partial charge in [0.1, 0.15) is 12.2 Å². The number of aromatic nitrogens is 3. The van der Waals surface area contributed by atoms with E-state index in [0.29, 0.717) is 11.8 Å². The molecule has 1 aliphatic heterocycles. The van der Waals surface area contributed by atoms with Gasteiger partial charge in [0, 0.05) is 33.2 Å². The molecule has 26 heavy (non-hydrogen) atoms. The molecule has 7 heteroatoms. The molecule has 2 heterocycles. The van der Waals surface area contributed by atoms with E-state index in [1.54, 1.807) is 6.92 Å². The van der Waals surface area contributed by atoms with Crippen molar-refractivity contribution in [3.63, 3.8) is 0 Å². The van der Waals surface area contributed by atoms with Crippen molar-refractivity contribution in [2.75, 3.05) is 19.7 Å². The second-order valence-electron chi connectivity index (χ2n) is 8.34. The molecule has 4 atom stereocenters. The molecule has 0 aromatic carbocycles. The first-order valence-corrected chi connectivity index (χ1v) is 10.1. The lowest BCUT2D eigenvalue weighted by molar-refractivity contribution is -0.122. The van der Waals surface area contributed by atoms with Crippen molar-refractivity contribution in [1.82, 2.24) is 25.0 Å². The van der Waals surface area contributed by atoms with Crippen LogP contribution in [-0.4, -0.2) is 57.4 Å². The molecule has 3 fully saturated rings. The highest BCUT2D eigenvalue weighted by Gasteiger charge is 2.43. The highest BCUT2D eigenvalue weighted by molar-refractivity contribution is 5.73. The van der Waals surface area contributed by atoms with E-state index in [1.807, 2.05) is 6.33 Å². The second-order valence-corrected chi connectivity index (χ2v) is 8.34. The van der Waals surface area contributed by atoms with Crippen LogP contribution >= 0.6 is 0 Å². The third kappa shape index (κ3) is 4.09. The predicted octanol–water partition coefficient (Wildman–Crippen LogP) is 1.44. The van der Waals surface area contributed by atoms with Crippen LogP contribution in [0.25, 0.3) is 0 Å². The van der Waals surface area contributed by atoms with Crippen LogP contribution in [0.5, 0.6) is 0 Å². The van der Waals surface area contributed by atoms with Crippen molar-refractivity contribution in [2.45, 2.75) is 64.8 Å². The van der Waals surface area contributed by atoms with E-state index >= 15 is 0 Å². The average Bonchev–Trinajstić information content (AvgIpc) is 3.19. The molecule has 1 aromatic heterocycles. The third-order valence-corrected chi connectivity index (χ3v) is 6.23. The average molecular weight is 361 g/mol. The Morgan fingerprint density at radius 1 is 1.31 bits per heavy atom. The lowest BCUT2D eigenvalue weighted by Crippen LogP contribution is -2.50. The SMILES string of the molecule is CCn1cnnc1CN1C[C@H]2C[C@@H](NC(C)=O)[C@H](OCC3CC3)C[C@H]2C1. The summed E-state index contributed by atoms with van der Waals surface area (Å²) >= 11 is 0. The van der Waals surface area contributed by atoms with Crippen molar-refractivity contribution in [1.29, 1.82) is 0 Å². The summed E-state index contributed by atoms with van der Waals surface area (Å²) in [5.74, 6) is 3.14. The number of aryl methyl sites for hydroxylation is 1. The van der Waals surface area contributed by atoms with Gasteiger partial charge in [-0.3, -0.25) is 9.69 Å². The first-order valence-electron chi connectivity index (χ1n) is 10.1. The van der Waals surface area contributed by atoms with Crippen LogP contribution in [0, 0.1) is 17.8 Å². The minimum Gasteiger partial charge on any atom is -0.376 e. The summed E-state index contributed by atoms with van der Waals surface area (Å²) in [6.45, 7) is 8.54. The van der Waals surface area contributed by atoms with Crippen LogP contribution in [0.4, 0.5) is 0 Å². The minimum absolute atomic E-state index is 0.0550. The molecule has 1 amide bonds. The van der Waals surface area contributed by atoms with Crippen LogP contribution in [0.2, 0.25) is 0 Å². The lowest BCUT2D eigenvalue weighted by atomic mass is 9.77. The molecular weight excluding hydrogens is 330 g/mol. The van der Waals surface area contributed by atoms with Crippen LogP contribution in [0.3, 0.4) is 0 Å². The molecule has 0 unspecified atom stereocenters. The van der Waals surface area contributed by atoms with Gasteiger partial charge in [0.05, 0.1) is 18.7 Å². The van der Waals surface area contributed by atoms with E-state index in [1.165, 1.54) is 12.8 Å². The van der Waals surface area contributed by atoms with Gasteiger partial charge < -0.3 is 14.6 Å². The first kappa shape index (κ1) is 17.9. The number of fused-ring (bicyclic) bond motifs is 1. The smallest absolute Gasteiger partial charge is 0.217 e. The maximum atomic E-state index is 11.7. The Hall–Kier alpha value is -1.47. The zero-order valence-electron chi connectivity index (χ0n) is 15.9. The van der Waals surface area contributed by atoms with Crippen LogP contribution in [0.15, 0.2) is 6.33 Å². The Bertz CT molecular complexity index is 629. The summed E-state index contributed by atoms with van der Waals surface area (Å²) in [7, 11) is 0. The van der Waals surface area contributed by atoms with Crippen LogP contribution in [0.1, 0.15) is 45.4 Å². The fourth-order valence-electron chi connectivity index (χ4n) is 4.65. The maximum absolute atomic E-state index is 11.7. The third-order valence-electron chi connectivity index (χ3n) is 6.23. The van der Waals surface area contributed by atoms with Gasteiger partial charge in [0.25, 0.3) is 0 Å². The Morgan fingerprint density at radius 3 is 2.77 bits per heavy atom. The van der Waals surface area contributed by atoms with Crippen molar-refractivity contribution in [3.05, 3.63) is 12.2 Å². The molecule has 0 spiro atoms. The zero-order valence-corrected chi connectivity index (χ0v) is 15.9. The second kappa shape index (κ2) is 7.64. The van der Waals surface area contributed by atoms with Crippen molar-refractivity contribution in [3.8, 4) is 0 Å². The van der Waals surface area contributed by atoms with Gasteiger partial charge in [-0.2, -0.15) is 0 Å². The molecule has 3 aliphatic rings. The molecule has 144 valence electrons. The topological polar surface area (TPSA) is 72.3 Å². The summed E-state index contributed by atoms with van der Waals surface area (Å²) in [5, 5.41) is 11.5. The lowest BCUT2D eigenvalue weighted by Gasteiger charge is -2.38. The quantitative estimate of drug-likeness (QED) is 0.796. The molecule has 4 rings (SSSR count). The number of amides is 1. The number of nitrogens with one attached hydrogen (secondary N) is 1. The highest BCUT2D eigenvalue weighted by atomic mass is 16.5. The number of ether oxygens (including phenoxy) is 1. The summed E-state index contributed by atoms with van der Waals surface area (Å²) in [6, 6.07) is 0.159. The normalized spacial score (nSPS) is 31.8. The summed E-state index contributed by atoms with van der Waals surface area (Å²) in [4.78, 5) is 14.2. The number of rotatable bonds is 7. The van der Waals surface area contributed by atoms with Gasteiger partial charge >= 0.3 is 0 Å². The number of hydrogen-bond donors (Lipinski definition) is 1. The van der Waals surface area contributed by atoms with Crippen molar-refractivity contribution in [2.24, 2.45) is 17.8 Å². The fourth-order valence-corrected chi connectivity index (χ4v) is 4.65. The molecule has 1 saturated heterocycles. The number of carbonyl (C=O) groups excluding carboxylic acids is 1. The number of carbonyl (C=O) groups is 1. The molecular formula is C19H31N5O2. The Morgan fingerprint density at radius 2 is 2.08 bits per heavy atom. The first-order chi connectivity index (χ1) is 12.6. The van der Waals surface area contributed by atoms with Gasteiger partial charge in [-0.25, -0.2) is 0 Å². The maximum Gasteiger partial charge on any atom is 0.217 e. The summed E-state index contributed by atoms with van der Waals surface area (Å²) < 4.78 is 8.36. The van der Waals surface area contributed by atoms with Gasteiger partial charge in [-0.1, -0.05) is 0 Å². The number of nitrogens with zero attached hydrogens (tertiary/aromatic N) is 4. The summed E-state index contributed by atoms with van der Waals surface area (Å²) in [5.41, 5.74) is 0. The molecule has 0 bridgehead atoms. The molecule has 0 radical (unpaired) electrons. The van der Waals surface area contributed by atoms with E-state index in [2.05, 4.69) is 31.9 Å². The van der Waals surface area contributed by atoms with Gasteiger partial charge in [-0.05, 0) is 50.4 Å². The van der Waals surface area contributed by atoms with Crippen molar-refractivity contribution >= 4 is 5.91 Å².